The Labute approximate surface area is 206 Å². The van der Waals surface area contributed by atoms with E-state index in [1.54, 1.807) is 0 Å². The molecule has 5 nitrogen and oxygen atoms in total. The second-order valence-corrected chi connectivity index (χ2v) is 10.1. The van der Waals surface area contributed by atoms with Gasteiger partial charge in [0.2, 0.25) is 0 Å². The molecule has 2 N–H and O–H groups in total. The molecule has 2 unspecified atom stereocenters. The monoisotopic (exact) mass is 542 g/mol. The SMILES string of the molecule is CN=C(NCC1CCCOC1C(C)(C)C)NC1CCN(Cc2ccccc2C)CC1.I. The van der Waals surface area contributed by atoms with E-state index in [0.717, 1.165) is 58.0 Å². The van der Waals surface area contributed by atoms with Gasteiger partial charge in [0.15, 0.2) is 5.96 Å². The topological polar surface area (TPSA) is 48.9 Å². The Bertz CT molecular complexity index is 695. The Kier molecular flexibility index (Phi) is 10.6. The van der Waals surface area contributed by atoms with E-state index in [2.05, 4.69) is 72.5 Å². The highest BCUT2D eigenvalue weighted by Gasteiger charge is 2.35. The van der Waals surface area contributed by atoms with Crippen LogP contribution in [0.5, 0.6) is 0 Å². The number of ether oxygens (including phenoxy) is 1. The van der Waals surface area contributed by atoms with Crippen molar-refractivity contribution in [1.29, 1.82) is 0 Å². The van der Waals surface area contributed by atoms with E-state index in [1.165, 1.54) is 17.5 Å². The second kappa shape index (κ2) is 12.4. The van der Waals surface area contributed by atoms with Crippen molar-refractivity contribution in [2.45, 2.75) is 72.1 Å². The Morgan fingerprint density at radius 1 is 1.16 bits per heavy atom. The number of likely N-dealkylation sites (tertiary alicyclic amines) is 1. The summed E-state index contributed by atoms with van der Waals surface area (Å²) in [7, 11) is 1.88. The van der Waals surface area contributed by atoms with E-state index in [4.69, 9.17) is 4.74 Å². The fraction of sp³-hybridized carbons (Fsp3) is 0.720. The van der Waals surface area contributed by atoms with Crippen LogP contribution in [0.2, 0.25) is 0 Å². The third-order valence-electron chi connectivity index (χ3n) is 6.64. The third-order valence-corrected chi connectivity index (χ3v) is 6.64. The highest BCUT2D eigenvalue weighted by Crippen LogP contribution is 2.33. The molecule has 176 valence electrons. The number of benzene rings is 1. The van der Waals surface area contributed by atoms with Crippen LogP contribution in [0, 0.1) is 18.3 Å². The molecule has 3 rings (SSSR count). The first-order valence-corrected chi connectivity index (χ1v) is 11.7. The predicted octanol–water partition coefficient (Wildman–Crippen LogP) is 4.58. The molecule has 2 heterocycles. The molecule has 1 aromatic carbocycles. The summed E-state index contributed by atoms with van der Waals surface area (Å²) in [5.41, 5.74) is 3.01. The van der Waals surface area contributed by atoms with Crippen LogP contribution in [0.1, 0.15) is 57.6 Å². The van der Waals surface area contributed by atoms with Gasteiger partial charge in [0.05, 0.1) is 6.10 Å². The van der Waals surface area contributed by atoms with Gasteiger partial charge in [0, 0.05) is 51.8 Å². The summed E-state index contributed by atoms with van der Waals surface area (Å²) in [5, 5.41) is 7.26. The lowest BCUT2D eigenvalue weighted by molar-refractivity contribution is -0.0835. The molecule has 0 aromatic heterocycles. The minimum absolute atomic E-state index is 0. The molecule has 1 aromatic rings. The summed E-state index contributed by atoms with van der Waals surface area (Å²) < 4.78 is 6.13. The van der Waals surface area contributed by atoms with Gasteiger partial charge in [-0.3, -0.25) is 9.89 Å². The maximum absolute atomic E-state index is 6.13. The fourth-order valence-corrected chi connectivity index (χ4v) is 4.89. The molecule has 2 atom stereocenters. The first-order valence-electron chi connectivity index (χ1n) is 11.7. The van der Waals surface area contributed by atoms with E-state index in [0.29, 0.717) is 18.1 Å². The number of guanidine groups is 1. The van der Waals surface area contributed by atoms with Crippen LogP contribution in [-0.2, 0) is 11.3 Å². The van der Waals surface area contributed by atoms with Crippen LogP contribution in [0.15, 0.2) is 29.3 Å². The third kappa shape index (κ3) is 7.90. The Morgan fingerprint density at radius 2 is 1.87 bits per heavy atom. The molecule has 2 aliphatic heterocycles. The van der Waals surface area contributed by atoms with Gasteiger partial charge in [0.25, 0.3) is 0 Å². The number of piperidine rings is 1. The first-order chi connectivity index (χ1) is 14.4. The van der Waals surface area contributed by atoms with Crippen molar-refractivity contribution < 1.29 is 4.74 Å². The lowest BCUT2D eigenvalue weighted by Gasteiger charge is -2.40. The van der Waals surface area contributed by atoms with E-state index >= 15 is 0 Å². The smallest absolute Gasteiger partial charge is 0.191 e. The van der Waals surface area contributed by atoms with Gasteiger partial charge in [-0.25, -0.2) is 0 Å². The largest absolute Gasteiger partial charge is 0.377 e. The highest BCUT2D eigenvalue weighted by atomic mass is 127. The number of rotatable bonds is 5. The van der Waals surface area contributed by atoms with Gasteiger partial charge >= 0.3 is 0 Å². The number of hydrogen-bond donors (Lipinski definition) is 2. The van der Waals surface area contributed by atoms with E-state index in [-0.39, 0.29) is 29.4 Å². The van der Waals surface area contributed by atoms with Crippen LogP contribution < -0.4 is 10.6 Å². The number of aliphatic imine (C=N–C) groups is 1. The van der Waals surface area contributed by atoms with Crippen LogP contribution in [0.3, 0.4) is 0 Å². The van der Waals surface area contributed by atoms with Gasteiger partial charge in [-0.05, 0) is 49.1 Å². The van der Waals surface area contributed by atoms with E-state index in [9.17, 15) is 0 Å². The summed E-state index contributed by atoms with van der Waals surface area (Å²) >= 11 is 0. The Hall–Kier alpha value is -0.860. The standard InChI is InChI=1S/C25H42N4O.HI/c1-19-9-6-7-10-21(19)18-29-14-12-22(13-15-29)28-24(26-5)27-17-20-11-8-16-30-23(20)25(2,3)4;/h6-7,9-10,20,22-23H,8,11-18H2,1-5H3,(H2,26,27,28);1H. The number of hydrogen-bond acceptors (Lipinski definition) is 3. The molecule has 6 heteroatoms. The fourth-order valence-electron chi connectivity index (χ4n) is 4.89. The summed E-state index contributed by atoms with van der Waals surface area (Å²) in [4.78, 5) is 7.07. The van der Waals surface area contributed by atoms with Gasteiger partial charge in [-0.15, -0.1) is 24.0 Å². The van der Waals surface area contributed by atoms with Gasteiger partial charge in [-0.2, -0.15) is 0 Å². The van der Waals surface area contributed by atoms with Gasteiger partial charge in [0.1, 0.15) is 0 Å². The van der Waals surface area contributed by atoms with E-state index in [1.807, 2.05) is 7.05 Å². The maximum atomic E-state index is 6.13. The minimum atomic E-state index is 0. The zero-order valence-electron chi connectivity index (χ0n) is 20.1. The molecule has 0 saturated carbocycles. The molecule has 0 spiro atoms. The summed E-state index contributed by atoms with van der Waals surface area (Å²) in [5.74, 6) is 1.47. The molecular formula is C25H43IN4O. The van der Waals surface area contributed by atoms with Crippen LogP contribution in [-0.4, -0.2) is 56.3 Å². The Morgan fingerprint density at radius 3 is 2.52 bits per heavy atom. The molecular weight excluding hydrogens is 499 g/mol. The van der Waals surface area contributed by atoms with Crippen LogP contribution in [0.4, 0.5) is 0 Å². The molecule has 2 aliphatic rings. The normalized spacial score (nSPS) is 23.8. The molecule has 0 amide bonds. The highest BCUT2D eigenvalue weighted by molar-refractivity contribution is 14.0. The van der Waals surface area contributed by atoms with Crippen molar-refractivity contribution in [2.75, 3.05) is 33.3 Å². The molecule has 0 aliphatic carbocycles. The molecule has 31 heavy (non-hydrogen) atoms. The summed E-state index contributed by atoms with van der Waals surface area (Å²) in [6, 6.07) is 9.22. The quantitative estimate of drug-likeness (QED) is 0.325. The summed E-state index contributed by atoms with van der Waals surface area (Å²) in [6.07, 6.45) is 5.00. The van der Waals surface area contributed by atoms with Crippen molar-refractivity contribution in [3.63, 3.8) is 0 Å². The average molecular weight is 543 g/mol. The van der Waals surface area contributed by atoms with Crippen molar-refractivity contribution in [3.8, 4) is 0 Å². The van der Waals surface area contributed by atoms with Crippen molar-refractivity contribution >= 4 is 29.9 Å². The average Bonchev–Trinajstić information content (AvgIpc) is 2.73. The molecule has 2 fully saturated rings. The van der Waals surface area contributed by atoms with Crippen LogP contribution in [0.25, 0.3) is 0 Å². The maximum Gasteiger partial charge on any atom is 0.191 e. The van der Waals surface area contributed by atoms with E-state index < -0.39 is 0 Å². The number of nitrogens with one attached hydrogen (secondary N) is 2. The van der Waals surface area contributed by atoms with Gasteiger partial charge in [-0.1, -0.05) is 45.0 Å². The number of nitrogens with zero attached hydrogens (tertiary/aromatic N) is 2. The van der Waals surface area contributed by atoms with Crippen molar-refractivity contribution in [2.24, 2.45) is 16.3 Å². The van der Waals surface area contributed by atoms with Gasteiger partial charge < -0.3 is 15.4 Å². The summed E-state index contributed by atoms with van der Waals surface area (Å²) in [6.45, 7) is 14.2. The van der Waals surface area contributed by atoms with Crippen molar-refractivity contribution in [1.82, 2.24) is 15.5 Å². The molecule has 0 bridgehead atoms. The molecule has 2 saturated heterocycles. The van der Waals surface area contributed by atoms with Crippen molar-refractivity contribution in [3.05, 3.63) is 35.4 Å². The minimum Gasteiger partial charge on any atom is -0.377 e. The lowest BCUT2D eigenvalue weighted by atomic mass is 9.78. The van der Waals surface area contributed by atoms with Crippen LogP contribution >= 0.6 is 24.0 Å². The predicted molar refractivity (Wildman–Crippen MR) is 141 cm³/mol. The zero-order chi connectivity index (χ0) is 21.6. The second-order valence-electron chi connectivity index (χ2n) is 10.1. The zero-order valence-corrected chi connectivity index (χ0v) is 22.4. The lowest BCUT2D eigenvalue weighted by Crippen LogP contribution is -2.51. The number of aryl methyl sites for hydroxylation is 1. The molecule has 0 radical (unpaired) electrons. The first kappa shape index (κ1) is 26.4. The number of halogens is 1. The Balaban J connectivity index is 0.00000341.